The van der Waals surface area contributed by atoms with Gasteiger partial charge in [0.15, 0.2) is 0 Å². The molecule has 0 atom stereocenters. The highest BCUT2D eigenvalue weighted by Gasteiger charge is 2.07. The zero-order valence-electron chi connectivity index (χ0n) is 10.3. The molecule has 0 aliphatic rings. The molecule has 90 valence electrons. The molecule has 0 saturated heterocycles. The number of nitrogens with zero attached hydrogens (tertiary/aromatic N) is 3. The molecule has 1 aromatic carbocycles. The Morgan fingerprint density at radius 2 is 1.88 bits per heavy atom. The molecular formula is C12H16N4S. The maximum absolute atomic E-state index is 5.68. The summed E-state index contributed by atoms with van der Waals surface area (Å²) in [5.74, 6) is 6.54. The second-order valence-corrected chi connectivity index (χ2v) is 5.13. The SMILES string of the molecule is Cc1cc(C)c(CSc2nncn2N)c(C)c1. The summed E-state index contributed by atoms with van der Waals surface area (Å²) in [7, 11) is 0. The van der Waals surface area contributed by atoms with E-state index in [2.05, 4.69) is 43.1 Å². The fourth-order valence-corrected chi connectivity index (χ4v) is 2.94. The highest BCUT2D eigenvalue weighted by atomic mass is 32.2. The number of hydrogen-bond acceptors (Lipinski definition) is 4. The van der Waals surface area contributed by atoms with Crippen molar-refractivity contribution in [3.05, 3.63) is 40.7 Å². The van der Waals surface area contributed by atoms with Gasteiger partial charge < -0.3 is 5.84 Å². The molecule has 1 heterocycles. The zero-order chi connectivity index (χ0) is 12.4. The van der Waals surface area contributed by atoms with Crippen LogP contribution in [-0.4, -0.2) is 14.9 Å². The van der Waals surface area contributed by atoms with Gasteiger partial charge in [0.25, 0.3) is 0 Å². The number of aryl methyl sites for hydroxylation is 3. The smallest absolute Gasteiger partial charge is 0.209 e. The minimum absolute atomic E-state index is 0.740. The Kier molecular flexibility index (Phi) is 3.38. The van der Waals surface area contributed by atoms with Gasteiger partial charge in [-0.25, -0.2) is 4.68 Å². The molecule has 0 fully saturated rings. The Morgan fingerprint density at radius 3 is 2.41 bits per heavy atom. The molecule has 17 heavy (non-hydrogen) atoms. The monoisotopic (exact) mass is 248 g/mol. The molecular weight excluding hydrogens is 232 g/mol. The van der Waals surface area contributed by atoms with Crippen molar-refractivity contribution in [1.82, 2.24) is 14.9 Å². The van der Waals surface area contributed by atoms with Crippen LogP contribution in [0.3, 0.4) is 0 Å². The van der Waals surface area contributed by atoms with Crippen molar-refractivity contribution in [1.29, 1.82) is 0 Å². The molecule has 0 saturated carbocycles. The molecule has 5 heteroatoms. The fraction of sp³-hybridized carbons (Fsp3) is 0.333. The van der Waals surface area contributed by atoms with Gasteiger partial charge in [-0.2, -0.15) is 0 Å². The largest absolute Gasteiger partial charge is 0.336 e. The van der Waals surface area contributed by atoms with Gasteiger partial charge in [0.1, 0.15) is 6.33 Å². The highest BCUT2D eigenvalue weighted by molar-refractivity contribution is 7.98. The molecule has 2 N–H and O–H groups in total. The number of nitrogen functional groups attached to an aromatic ring is 1. The quantitative estimate of drug-likeness (QED) is 0.668. The first-order valence-corrected chi connectivity index (χ1v) is 6.41. The molecule has 0 amide bonds. The van der Waals surface area contributed by atoms with Crippen LogP contribution in [0.1, 0.15) is 22.3 Å². The van der Waals surface area contributed by atoms with Crippen molar-refractivity contribution < 1.29 is 0 Å². The van der Waals surface area contributed by atoms with Gasteiger partial charge in [0, 0.05) is 5.75 Å². The second-order valence-electron chi connectivity index (χ2n) is 4.19. The van der Waals surface area contributed by atoms with Crippen LogP contribution in [0.4, 0.5) is 0 Å². The summed E-state index contributed by atoms with van der Waals surface area (Å²) in [4.78, 5) is 0. The van der Waals surface area contributed by atoms with E-state index in [4.69, 9.17) is 5.84 Å². The lowest BCUT2D eigenvalue weighted by Gasteiger charge is -2.10. The van der Waals surface area contributed by atoms with E-state index in [9.17, 15) is 0 Å². The van der Waals surface area contributed by atoms with E-state index in [0.717, 1.165) is 10.9 Å². The van der Waals surface area contributed by atoms with E-state index in [1.54, 1.807) is 11.8 Å². The lowest BCUT2D eigenvalue weighted by molar-refractivity contribution is 0.845. The summed E-state index contributed by atoms with van der Waals surface area (Å²) in [6.45, 7) is 6.40. The van der Waals surface area contributed by atoms with E-state index in [0.29, 0.717) is 0 Å². The second kappa shape index (κ2) is 4.79. The van der Waals surface area contributed by atoms with Gasteiger partial charge >= 0.3 is 0 Å². The van der Waals surface area contributed by atoms with Crippen molar-refractivity contribution in [3.8, 4) is 0 Å². The maximum Gasteiger partial charge on any atom is 0.209 e. The molecule has 0 spiro atoms. The van der Waals surface area contributed by atoms with E-state index < -0.39 is 0 Å². The third-order valence-corrected chi connectivity index (χ3v) is 3.71. The van der Waals surface area contributed by atoms with Crippen LogP contribution in [0.15, 0.2) is 23.6 Å². The summed E-state index contributed by atoms with van der Waals surface area (Å²) < 4.78 is 1.45. The summed E-state index contributed by atoms with van der Waals surface area (Å²) in [5.41, 5.74) is 5.29. The Morgan fingerprint density at radius 1 is 1.24 bits per heavy atom. The van der Waals surface area contributed by atoms with Crippen LogP contribution in [0.5, 0.6) is 0 Å². The molecule has 0 aliphatic carbocycles. The molecule has 1 aromatic heterocycles. The van der Waals surface area contributed by atoms with Crippen LogP contribution < -0.4 is 5.84 Å². The first-order chi connectivity index (χ1) is 8.08. The molecule has 4 nitrogen and oxygen atoms in total. The molecule has 2 aromatic rings. The van der Waals surface area contributed by atoms with Gasteiger partial charge in [-0.15, -0.1) is 10.2 Å². The Balaban J connectivity index is 2.17. The van der Waals surface area contributed by atoms with Crippen molar-refractivity contribution in [2.75, 3.05) is 5.84 Å². The molecule has 0 aliphatic heterocycles. The normalized spacial score (nSPS) is 10.8. The Hall–Kier alpha value is -1.49. The van der Waals surface area contributed by atoms with Crippen molar-refractivity contribution in [2.45, 2.75) is 31.7 Å². The third-order valence-electron chi connectivity index (χ3n) is 2.73. The van der Waals surface area contributed by atoms with Crippen LogP contribution >= 0.6 is 11.8 Å². The topological polar surface area (TPSA) is 56.7 Å². The molecule has 2 rings (SSSR count). The lowest BCUT2D eigenvalue weighted by Crippen LogP contribution is -2.07. The third kappa shape index (κ3) is 2.61. The van der Waals surface area contributed by atoms with E-state index in [1.165, 1.54) is 33.3 Å². The Labute approximate surface area is 105 Å². The number of nitrogens with two attached hydrogens (primary N) is 1. The first kappa shape index (κ1) is 12.0. The summed E-state index contributed by atoms with van der Waals surface area (Å²) in [5, 5.41) is 8.46. The standard InChI is InChI=1S/C12H16N4S/c1-8-4-9(2)11(10(3)5-8)6-17-12-15-14-7-16(12)13/h4-5,7H,6,13H2,1-3H3. The van der Waals surface area contributed by atoms with Crippen molar-refractivity contribution in [2.24, 2.45) is 0 Å². The minimum atomic E-state index is 0.740. The number of rotatable bonds is 3. The van der Waals surface area contributed by atoms with Gasteiger partial charge in [-0.1, -0.05) is 29.5 Å². The van der Waals surface area contributed by atoms with Crippen molar-refractivity contribution in [3.63, 3.8) is 0 Å². The van der Waals surface area contributed by atoms with Crippen LogP contribution in [0, 0.1) is 20.8 Å². The van der Waals surface area contributed by atoms with Gasteiger partial charge in [-0.05, 0) is 37.5 Å². The zero-order valence-corrected chi connectivity index (χ0v) is 11.1. The molecule has 0 radical (unpaired) electrons. The lowest BCUT2D eigenvalue weighted by atomic mass is 10.0. The highest BCUT2D eigenvalue weighted by Crippen LogP contribution is 2.25. The average Bonchev–Trinajstić information content (AvgIpc) is 2.62. The van der Waals surface area contributed by atoms with Gasteiger partial charge in [-0.3, -0.25) is 0 Å². The molecule has 0 unspecified atom stereocenters. The average molecular weight is 248 g/mol. The van der Waals surface area contributed by atoms with Crippen LogP contribution in [-0.2, 0) is 5.75 Å². The van der Waals surface area contributed by atoms with Crippen molar-refractivity contribution >= 4 is 11.8 Å². The van der Waals surface area contributed by atoms with Gasteiger partial charge in [0.2, 0.25) is 5.16 Å². The van der Waals surface area contributed by atoms with Crippen LogP contribution in [0.25, 0.3) is 0 Å². The fourth-order valence-electron chi connectivity index (χ4n) is 1.91. The first-order valence-electron chi connectivity index (χ1n) is 5.42. The van der Waals surface area contributed by atoms with E-state index >= 15 is 0 Å². The number of thioether (sulfide) groups is 1. The molecule has 0 bridgehead atoms. The number of aromatic nitrogens is 3. The predicted molar refractivity (Wildman–Crippen MR) is 70.4 cm³/mol. The summed E-state index contributed by atoms with van der Waals surface area (Å²) >= 11 is 1.61. The maximum atomic E-state index is 5.68. The summed E-state index contributed by atoms with van der Waals surface area (Å²) in [6, 6.07) is 4.41. The number of benzene rings is 1. The Bertz CT molecular complexity index is 510. The minimum Gasteiger partial charge on any atom is -0.336 e. The van der Waals surface area contributed by atoms with Gasteiger partial charge in [0.05, 0.1) is 0 Å². The van der Waals surface area contributed by atoms with E-state index in [1.807, 2.05) is 0 Å². The van der Waals surface area contributed by atoms with E-state index in [-0.39, 0.29) is 0 Å². The predicted octanol–water partition coefficient (Wildman–Crippen LogP) is 2.21. The summed E-state index contributed by atoms with van der Waals surface area (Å²) in [6.07, 6.45) is 1.51. The van der Waals surface area contributed by atoms with Crippen LogP contribution in [0.2, 0.25) is 0 Å². The number of hydrogen-bond donors (Lipinski definition) is 1.